The van der Waals surface area contributed by atoms with Gasteiger partial charge in [0, 0.05) is 28.6 Å². The zero-order valence-electron chi connectivity index (χ0n) is 10.9. The zero-order chi connectivity index (χ0) is 13.6. The Labute approximate surface area is 138 Å². The lowest BCUT2D eigenvalue weighted by atomic mass is 9.98. The largest absolute Gasteiger partial charge is 0.338 e. The standard InChI is InChI=1S/C14H16BrClN2O.ClH/c15-12-5-9(16)2-3-10(12)14(19)18-6-8-1-4-13(17)11(8)7-18;/h2-3,5,8,11,13H,1,4,6-7,17H2;1H. The van der Waals surface area contributed by atoms with Crippen LogP contribution in [0.3, 0.4) is 0 Å². The summed E-state index contributed by atoms with van der Waals surface area (Å²) in [6, 6.07) is 5.55. The Morgan fingerprint density at radius 1 is 1.35 bits per heavy atom. The van der Waals surface area contributed by atoms with Gasteiger partial charge in [-0.05, 0) is 58.8 Å². The first-order valence-electron chi connectivity index (χ1n) is 6.56. The second-order valence-electron chi connectivity index (χ2n) is 5.50. The van der Waals surface area contributed by atoms with E-state index >= 15 is 0 Å². The van der Waals surface area contributed by atoms with Gasteiger partial charge in [-0.2, -0.15) is 0 Å². The fourth-order valence-corrected chi connectivity index (χ4v) is 4.16. The lowest BCUT2D eigenvalue weighted by Crippen LogP contribution is -2.33. The molecule has 20 heavy (non-hydrogen) atoms. The first kappa shape index (κ1) is 16.1. The molecule has 1 aromatic carbocycles. The number of carbonyl (C=O) groups excluding carboxylic acids is 1. The van der Waals surface area contributed by atoms with E-state index in [4.69, 9.17) is 17.3 Å². The van der Waals surface area contributed by atoms with E-state index in [-0.39, 0.29) is 24.4 Å². The number of nitrogens with two attached hydrogens (primary N) is 1. The Hall–Kier alpha value is -0.290. The van der Waals surface area contributed by atoms with Crippen LogP contribution in [-0.4, -0.2) is 29.9 Å². The molecule has 2 N–H and O–H groups in total. The van der Waals surface area contributed by atoms with Gasteiger partial charge in [-0.3, -0.25) is 4.79 Å². The molecule has 3 rings (SSSR count). The third-order valence-corrected chi connectivity index (χ3v) is 5.25. The third kappa shape index (κ3) is 2.84. The van der Waals surface area contributed by atoms with Crippen molar-refractivity contribution in [3.63, 3.8) is 0 Å². The average Bonchev–Trinajstić information content (AvgIpc) is 2.91. The average molecular weight is 380 g/mol. The Bertz CT molecular complexity index is 526. The van der Waals surface area contributed by atoms with Crippen LogP contribution in [0, 0.1) is 11.8 Å². The fraction of sp³-hybridized carbons (Fsp3) is 0.500. The summed E-state index contributed by atoms with van der Waals surface area (Å²) in [5.41, 5.74) is 6.78. The van der Waals surface area contributed by atoms with Gasteiger partial charge in [0.2, 0.25) is 0 Å². The van der Waals surface area contributed by atoms with E-state index in [1.165, 1.54) is 0 Å². The van der Waals surface area contributed by atoms with Crippen LogP contribution in [0.5, 0.6) is 0 Å². The maximum Gasteiger partial charge on any atom is 0.255 e. The van der Waals surface area contributed by atoms with E-state index in [2.05, 4.69) is 15.9 Å². The summed E-state index contributed by atoms with van der Waals surface area (Å²) in [6.45, 7) is 1.63. The molecule has 1 aliphatic carbocycles. The molecule has 3 nitrogen and oxygen atoms in total. The van der Waals surface area contributed by atoms with Crippen molar-refractivity contribution in [2.75, 3.05) is 13.1 Å². The van der Waals surface area contributed by atoms with Crippen molar-refractivity contribution in [1.82, 2.24) is 4.90 Å². The molecule has 0 bridgehead atoms. The summed E-state index contributed by atoms with van der Waals surface area (Å²) in [5, 5.41) is 0.628. The quantitative estimate of drug-likeness (QED) is 0.813. The molecule has 1 aromatic rings. The van der Waals surface area contributed by atoms with Crippen molar-refractivity contribution in [3.05, 3.63) is 33.3 Å². The van der Waals surface area contributed by atoms with Gasteiger partial charge in [0.25, 0.3) is 5.91 Å². The van der Waals surface area contributed by atoms with Crippen LogP contribution in [0.1, 0.15) is 23.2 Å². The number of rotatable bonds is 1. The highest BCUT2D eigenvalue weighted by Gasteiger charge is 2.42. The predicted molar refractivity (Wildman–Crippen MR) is 86.5 cm³/mol. The second-order valence-corrected chi connectivity index (χ2v) is 6.79. The van der Waals surface area contributed by atoms with E-state index in [1.54, 1.807) is 18.2 Å². The van der Waals surface area contributed by atoms with Crippen LogP contribution >= 0.6 is 39.9 Å². The number of carbonyl (C=O) groups is 1. The lowest BCUT2D eigenvalue weighted by Gasteiger charge is -2.19. The monoisotopic (exact) mass is 378 g/mol. The van der Waals surface area contributed by atoms with Crippen LogP contribution in [0.4, 0.5) is 0 Å². The minimum Gasteiger partial charge on any atom is -0.338 e. The van der Waals surface area contributed by atoms with Gasteiger partial charge < -0.3 is 10.6 Å². The first-order chi connectivity index (χ1) is 9.06. The molecule has 0 radical (unpaired) electrons. The van der Waals surface area contributed by atoms with Gasteiger partial charge in [0.05, 0.1) is 5.56 Å². The van der Waals surface area contributed by atoms with Gasteiger partial charge in [-0.25, -0.2) is 0 Å². The molecule has 0 aromatic heterocycles. The van der Waals surface area contributed by atoms with Crippen LogP contribution in [0.25, 0.3) is 0 Å². The van der Waals surface area contributed by atoms with Crippen LogP contribution in [0.2, 0.25) is 5.02 Å². The summed E-state index contributed by atoms with van der Waals surface area (Å²) in [5.74, 6) is 1.14. The van der Waals surface area contributed by atoms with Crippen molar-refractivity contribution >= 4 is 45.8 Å². The van der Waals surface area contributed by atoms with Gasteiger partial charge in [0.15, 0.2) is 0 Å². The molecule has 3 unspecified atom stereocenters. The van der Waals surface area contributed by atoms with Crippen LogP contribution < -0.4 is 5.73 Å². The Balaban J connectivity index is 0.00000147. The van der Waals surface area contributed by atoms with Crippen molar-refractivity contribution in [1.29, 1.82) is 0 Å². The molecule has 1 amide bonds. The van der Waals surface area contributed by atoms with Crippen molar-refractivity contribution in [3.8, 4) is 0 Å². The van der Waals surface area contributed by atoms with Crippen molar-refractivity contribution in [2.24, 2.45) is 17.6 Å². The molecule has 1 saturated carbocycles. The van der Waals surface area contributed by atoms with E-state index in [9.17, 15) is 4.79 Å². The molecule has 0 spiro atoms. The molecule has 1 saturated heterocycles. The van der Waals surface area contributed by atoms with Crippen molar-refractivity contribution < 1.29 is 4.79 Å². The highest BCUT2D eigenvalue weighted by Crippen LogP contribution is 2.38. The minimum atomic E-state index is 0. The number of likely N-dealkylation sites (tertiary alicyclic amines) is 1. The number of hydrogen-bond donors (Lipinski definition) is 1. The zero-order valence-corrected chi connectivity index (χ0v) is 14.0. The van der Waals surface area contributed by atoms with Gasteiger partial charge in [0.1, 0.15) is 0 Å². The summed E-state index contributed by atoms with van der Waals surface area (Å²) in [7, 11) is 0. The minimum absolute atomic E-state index is 0. The maximum absolute atomic E-state index is 12.5. The smallest absolute Gasteiger partial charge is 0.255 e. The first-order valence-corrected chi connectivity index (χ1v) is 7.73. The predicted octanol–water partition coefficient (Wildman–Crippen LogP) is 3.33. The van der Waals surface area contributed by atoms with E-state index in [0.717, 1.165) is 30.4 Å². The number of halogens is 3. The Morgan fingerprint density at radius 2 is 2.10 bits per heavy atom. The van der Waals surface area contributed by atoms with Gasteiger partial charge in [-0.1, -0.05) is 11.6 Å². The second kappa shape index (κ2) is 6.22. The molecular formula is C14H17BrCl2N2O. The Kier molecular flexibility index (Phi) is 5.00. The van der Waals surface area contributed by atoms with Crippen LogP contribution in [0.15, 0.2) is 22.7 Å². The molecule has 6 heteroatoms. The fourth-order valence-electron chi connectivity index (χ4n) is 3.31. The molecule has 3 atom stereocenters. The lowest BCUT2D eigenvalue weighted by molar-refractivity contribution is 0.0778. The molecule has 110 valence electrons. The highest BCUT2D eigenvalue weighted by atomic mass is 79.9. The number of nitrogens with zero attached hydrogens (tertiary/aromatic N) is 1. The molecule has 2 aliphatic rings. The van der Waals surface area contributed by atoms with Crippen LogP contribution in [-0.2, 0) is 0 Å². The molecule has 1 heterocycles. The van der Waals surface area contributed by atoms with Gasteiger partial charge >= 0.3 is 0 Å². The number of fused-ring (bicyclic) bond motifs is 1. The normalized spacial score (nSPS) is 28.1. The highest BCUT2D eigenvalue weighted by molar-refractivity contribution is 9.10. The van der Waals surface area contributed by atoms with Gasteiger partial charge in [-0.15, -0.1) is 12.4 Å². The summed E-state index contributed by atoms with van der Waals surface area (Å²) in [6.07, 6.45) is 2.25. The maximum atomic E-state index is 12.5. The number of benzene rings is 1. The molecule has 2 fully saturated rings. The van der Waals surface area contributed by atoms with E-state index in [1.807, 2.05) is 4.90 Å². The molecule has 1 aliphatic heterocycles. The Morgan fingerprint density at radius 3 is 2.75 bits per heavy atom. The van der Waals surface area contributed by atoms with E-state index in [0.29, 0.717) is 22.4 Å². The third-order valence-electron chi connectivity index (χ3n) is 4.36. The topological polar surface area (TPSA) is 46.3 Å². The summed E-state index contributed by atoms with van der Waals surface area (Å²) < 4.78 is 0.756. The summed E-state index contributed by atoms with van der Waals surface area (Å²) >= 11 is 9.32. The SMILES string of the molecule is Cl.NC1CCC2CN(C(=O)c3ccc(Cl)cc3Br)CC12. The van der Waals surface area contributed by atoms with Crippen molar-refractivity contribution in [2.45, 2.75) is 18.9 Å². The summed E-state index contributed by atoms with van der Waals surface area (Å²) in [4.78, 5) is 14.5. The van der Waals surface area contributed by atoms with E-state index < -0.39 is 0 Å². The molecular weight excluding hydrogens is 363 g/mol. The number of hydrogen-bond acceptors (Lipinski definition) is 2. The number of amides is 1.